The second kappa shape index (κ2) is 8.59. The van der Waals surface area contributed by atoms with Crippen molar-refractivity contribution in [3.63, 3.8) is 0 Å². The molecular weight excluding hydrogens is 473 g/mol. The van der Waals surface area contributed by atoms with Gasteiger partial charge in [0, 0.05) is 48.4 Å². The molecule has 1 aromatic carbocycles. The Morgan fingerprint density at radius 3 is 2.15 bits per heavy atom. The van der Waals surface area contributed by atoms with Crippen molar-refractivity contribution < 1.29 is 32.6 Å². The number of aryl methyl sites for hydroxylation is 1. The number of hydrogen-bond acceptors (Lipinski definition) is 4. The van der Waals surface area contributed by atoms with Gasteiger partial charge in [0.15, 0.2) is 0 Å². The number of carbonyl (C=O) groups excluding carboxylic acids is 2. The lowest BCUT2D eigenvalue weighted by molar-refractivity contribution is -0.180. The molecule has 1 aliphatic carbocycles. The first kappa shape index (κ1) is 26.6. The van der Waals surface area contributed by atoms with E-state index in [1.165, 1.54) is 4.90 Å². The molecule has 34 heavy (non-hydrogen) atoms. The zero-order valence-corrected chi connectivity index (χ0v) is 21.0. The molecule has 0 radical (unpaired) electrons. The highest BCUT2D eigenvalue weighted by molar-refractivity contribution is 6.30. The largest absolute Gasteiger partial charge is 0.444 e. The monoisotopic (exact) mass is 504 g/mol. The zero-order chi connectivity index (χ0) is 25.9. The second-order valence-corrected chi connectivity index (χ2v) is 11.3. The second-order valence-electron chi connectivity index (χ2n) is 10.8. The fraction of sp³-hybridized carbons (Fsp3) is 0.667. The van der Waals surface area contributed by atoms with Crippen LogP contribution in [0.3, 0.4) is 0 Å². The Hall–Kier alpha value is -2.00. The van der Waals surface area contributed by atoms with Crippen LogP contribution in [0.2, 0.25) is 5.02 Å². The number of likely N-dealkylation sites (tertiary alicyclic amines) is 1. The van der Waals surface area contributed by atoms with E-state index in [-0.39, 0.29) is 23.7 Å². The van der Waals surface area contributed by atoms with Crippen molar-refractivity contribution in [2.75, 3.05) is 13.1 Å². The summed E-state index contributed by atoms with van der Waals surface area (Å²) in [6, 6.07) is 2.69. The van der Waals surface area contributed by atoms with Crippen molar-refractivity contribution in [3.05, 3.63) is 34.1 Å². The SMILES string of the molecule is Cc1cc(Cl)cc(F)c1C1(O)[C@H](C)CN(C(=O)C2(NC(=O)OC(C)(C)C)CC(F)(F)C2)C[C@@H]1C. The van der Waals surface area contributed by atoms with Gasteiger partial charge in [0.25, 0.3) is 5.92 Å². The van der Waals surface area contributed by atoms with Crippen LogP contribution in [-0.4, -0.2) is 52.2 Å². The summed E-state index contributed by atoms with van der Waals surface area (Å²) in [5, 5.41) is 14.2. The van der Waals surface area contributed by atoms with Crippen molar-refractivity contribution in [2.24, 2.45) is 11.8 Å². The van der Waals surface area contributed by atoms with Crippen LogP contribution in [-0.2, 0) is 15.1 Å². The molecule has 190 valence electrons. The molecule has 10 heteroatoms. The molecule has 0 aromatic heterocycles. The first-order valence-corrected chi connectivity index (χ1v) is 11.6. The average molecular weight is 505 g/mol. The summed E-state index contributed by atoms with van der Waals surface area (Å²) in [6.07, 6.45) is -2.64. The van der Waals surface area contributed by atoms with Crippen LogP contribution in [0.1, 0.15) is 58.6 Å². The molecule has 2 amide bonds. The lowest BCUT2D eigenvalue weighted by atomic mass is 9.67. The molecule has 1 aromatic rings. The molecule has 6 nitrogen and oxygen atoms in total. The highest BCUT2D eigenvalue weighted by Gasteiger charge is 2.64. The van der Waals surface area contributed by atoms with Crippen LogP contribution in [0.4, 0.5) is 18.0 Å². The van der Waals surface area contributed by atoms with Crippen LogP contribution >= 0.6 is 11.6 Å². The average Bonchev–Trinajstić information content (AvgIpc) is 2.61. The minimum absolute atomic E-state index is 0.00942. The van der Waals surface area contributed by atoms with Gasteiger partial charge in [0.05, 0.1) is 0 Å². The molecule has 1 aliphatic heterocycles. The molecule has 1 saturated carbocycles. The first-order valence-electron chi connectivity index (χ1n) is 11.3. The van der Waals surface area contributed by atoms with Gasteiger partial charge in [-0.2, -0.15) is 0 Å². The predicted molar refractivity (Wildman–Crippen MR) is 121 cm³/mol. The number of halogens is 4. The Morgan fingerprint density at radius 2 is 1.71 bits per heavy atom. The quantitative estimate of drug-likeness (QED) is 0.621. The lowest BCUT2D eigenvalue weighted by Crippen LogP contribution is -2.71. The van der Waals surface area contributed by atoms with Crippen LogP contribution in [0.5, 0.6) is 0 Å². The number of aliphatic hydroxyl groups is 1. The van der Waals surface area contributed by atoms with Gasteiger partial charge in [-0.1, -0.05) is 25.4 Å². The smallest absolute Gasteiger partial charge is 0.408 e. The normalized spacial score (nSPS) is 28.1. The third-order valence-corrected chi connectivity index (χ3v) is 6.92. The number of alkyl halides is 2. The van der Waals surface area contributed by atoms with Crippen molar-refractivity contribution in [3.8, 4) is 0 Å². The summed E-state index contributed by atoms with van der Waals surface area (Å²) in [7, 11) is 0. The molecular formula is C24H32ClF3N2O4. The Labute approximate surface area is 202 Å². The fourth-order valence-corrected chi connectivity index (χ4v) is 5.55. The molecule has 2 aliphatic rings. The third-order valence-electron chi connectivity index (χ3n) is 6.70. The van der Waals surface area contributed by atoms with Crippen molar-refractivity contribution >= 4 is 23.6 Å². The predicted octanol–water partition coefficient (Wildman–Crippen LogP) is 4.78. The number of alkyl carbamates (subject to hydrolysis) is 1. The maximum Gasteiger partial charge on any atom is 0.408 e. The maximum absolute atomic E-state index is 14.9. The molecule has 0 spiro atoms. The third kappa shape index (κ3) is 4.87. The van der Waals surface area contributed by atoms with Gasteiger partial charge in [-0.3, -0.25) is 4.79 Å². The molecule has 3 atom stereocenters. The van der Waals surface area contributed by atoms with Crippen LogP contribution < -0.4 is 5.32 Å². The maximum atomic E-state index is 14.9. The fourth-order valence-electron chi connectivity index (χ4n) is 5.29. The number of carbonyl (C=O) groups is 2. The molecule has 1 unspecified atom stereocenters. The summed E-state index contributed by atoms with van der Waals surface area (Å²) in [5.41, 5.74) is -3.69. The Kier molecular flexibility index (Phi) is 6.72. The first-order chi connectivity index (χ1) is 15.4. The number of nitrogens with zero attached hydrogens (tertiary/aromatic N) is 1. The minimum Gasteiger partial charge on any atom is -0.444 e. The van der Waals surface area contributed by atoms with E-state index in [0.717, 1.165) is 6.07 Å². The molecule has 1 heterocycles. The van der Waals surface area contributed by atoms with Gasteiger partial charge in [-0.15, -0.1) is 0 Å². The number of nitrogens with one attached hydrogen (secondary N) is 1. The van der Waals surface area contributed by atoms with Gasteiger partial charge in [-0.05, 0) is 45.4 Å². The van der Waals surface area contributed by atoms with E-state index in [0.29, 0.717) is 5.56 Å². The van der Waals surface area contributed by atoms with Crippen LogP contribution in [0.25, 0.3) is 0 Å². The van der Waals surface area contributed by atoms with E-state index < -0.39 is 65.2 Å². The van der Waals surface area contributed by atoms with E-state index in [1.54, 1.807) is 47.6 Å². The van der Waals surface area contributed by atoms with Crippen molar-refractivity contribution in [1.29, 1.82) is 0 Å². The Balaban J connectivity index is 1.86. The van der Waals surface area contributed by atoms with E-state index >= 15 is 0 Å². The summed E-state index contributed by atoms with van der Waals surface area (Å²) in [6.45, 7) is 9.86. The summed E-state index contributed by atoms with van der Waals surface area (Å²) in [4.78, 5) is 27.2. The minimum atomic E-state index is -3.10. The number of hydrogen-bond donors (Lipinski definition) is 2. The van der Waals surface area contributed by atoms with Crippen LogP contribution in [0, 0.1) is 24.6 Å². The Bertz CT molecular complexity index is 952. The van der Waals surface area contributed by atoms with Crippen molar-refractivity contribution in [1.82, 2.24) is 10.2 Å². The number of piperidine rings is 1. The molecule has 1 saturated heterocycles. The molecule has 3 rings (SSSR count). The van der Waals surface area contributed by atoms with E-state index in [2.05, 4.69) is 5.32 Å². The highest BCUT2D eigenvalue weighted by atomic mass is 35.5. The summed E-state index contributed by atoms with van der Waals surface area (Å²) >= 11 is 5.94. The topological polar surface area (TPSA) is 78.9 Å². The van der Waals surface area contributed by atoms with Gasteiger partial charge in [-0.25, -0.2) is 18.0 Å². The molecule has 0 bridgehead atoms. The van der Waals surface area contributed by atoms with Crippen molar-refractivity contribution in [2.45, 2.75) is 77.0 Å². The number of amides is 2. The standard InChI is InChI=1S/C24H32ClF3N2O4/c1-13-7-16(25)8-17(26)18(13)24(33)14(2)9-30(10-15(24)3)19(31)22(11-23(27,28)12-22)29-20(32)34-21(4,5)6/h7-8,14-15,33H,9-12H2,1-6H3,(H,29,32)/t14-,15+,24?. The Morgan fingerprint density at radius 1 is 1.18 bits per heavy atom. The molecule has 2 fully saturated rings. The number of ether oxygens (including phenoxy) is 1. The van der Waals surface area contributed by atoms with Gasteiger partial charge >= 0.3 is 6.09 Å². The van der Waals surface area contributed by atoms with Gasteiger partial charge in [0.2, 0.25) is 5.91 Å². The summed E-state index contributed by atoms with van der Waals surface area (Å²) < 4.78 is 47.9. The van der Waals surface area contributed by atoms with E-state index in [1.807, 2.05) is 0 Å². The van der Waals surface area contributed by atoms with E-state index in [9.17, 15) is 27.9 Å². The van der Waals surface area contributed by atoms with Crippen LogP contribution in [0.15, 0.2) is 12.1 Å². The number of rotatable bonds is 3. The molecule has 2 N–H and O–H groups in total. The van der Waals surface area contributed by atoms with E-state index in [4.69, 9.17) is 16.3 Å². The zero-order valence-electron chi connectivity index (χ0n) is 20.3. The van der Waals surface area contributed by atoms with Gasteiger partial charge in [0.1, 0.15) is 22.6 Å². The van der Waals surface area contributed by atoms with Gasteiger partial charge < -0.3 is 20.1 Å². The lowest BCUT2D eigenvalue weighted by Gasteiger charge is -2.53. The summed E-state index contributed by atoms with van der Waals surface area (Å²) in [5.74, 6) is -5.67. The highest BCUT2D eigenvalue weighted by Crippen LogP contribution is 2.49. The number of benzene rings is 1.